The Balaban J connectivity index is 1.84. The van der Waals surface area contributed by atoms with E-state index in [1.807, 2.05) is 49.1 Å². The fraction of sp³-hybridized carbons (Fsp3) is 0. The first-order valence-corrected chi connectivity index (χ1v) is 8.13. The highest BCUT2D eigenvalue weighted by atomic mass is 15.0. The number of nitrogens with zero attached hydrogens (tertiary/aromatic N) is 4. The maximum absolute atomic E-state index is 4.65. The zero-order valence-electron chi connectivity index (χ0n) is 13.4. The van der Waals surface area contributed by atoms with Gasteiger partial charge >= 0.3 is 0 Å². The second kappa shape index (κ2) is 5.53. The van der Waals surface area contributed by atoms with Gasteiger partial charge in [0, 0.05) is 29.4 Å². The molecule has 0 bridgehead atoms. The van der Waals surface area contributed by atoms with Crippen molar-refractivity contribution in [3.8, 4) is 0 Å². The standard InChI is InChI=1S/C21H14N4/c1-2-6-15(7-3-1)10-13-25-14-24-20-16-8-4-11-22-18(16)19-17(21(20)25)9-5-12-23-19/h1-14H/b13-10+. The van der Waals surface area contributed by atoms with Crippen molar-refractivity contribution in [3.63, 3.8) is 0 Å². The van der Waals surface area contributed by atoms with E-state index in [1.54, 1.807) is 6.20 Å². The van der Waals surface area contributed by atoms with Gasteiger partial charge in [0.15, 0.2) is 0 Å². The van der Waals surface area contributed by atoms with Crippen LogP contribution in [0.1, 0.15) is 5.56 Å². The molecule has 0 saturated carbocycles. The van der Waals surface area contributed by atoms with Gasteiger partial charge in [-0.3, -0.25) is 9.97 Å². The fourth-order valence-electron chi connectivity index (χ4n) is 3.24. The number of fused-ring (bicyclic) bond motifs is 6. The normalized spacial score (nSPS) is 11.8. The van der Waals surface area contributed by atoms with Crippen molar-refractivity contribution in [1.82, 2.24) is 19.5 Å². The SMILES string of the molecule is C(=C\n1cnc2c3cccnc3c3ncccc3c21)/c1ccccc1. The molecule has 3 aromatic heterocycles. The molecule has 25 heavy (non-hydrogen) atoms. The molecule has 0 radical (unpaired) electrons. The Labute approximate surface area is 144 Å². The molecule has 4 nitrogen and oxygen atoms in total. The van der Waals surface area contributed by atoms with E-state index in [0.29, 0.717) is 0 Å². The summed E-state index contributed by atoms with van der Waals surface area (Å²) in [5.41, 5.74) is 4.94. The minimum Gasteiger partial charge on any atom is -0.305 e. The van der Waals surface area contributed by atoms with E-state index in [1.165, 1.54) is 0 Å². The molecule has 0 fully saturated rings. The molecule has 0 saturated heterocycles. The lowest BCUT2D eigenvalue weighted by Gasteiger charge is -2.06. The molecular weight excluding hydrogens is 308 g/mol. The Hall–Kier alpha value is -3.53. The van der Waals surface area contributed by atoms with Gasteiger partial charge in [-0.2, -0.15) is 0 Å². The van der Waals surface area contributed by atoms with Crippen LogP contribution in [0.25, 0.3) is 45.1 Å². The van der Waals surface area contributed by atoms with Gasteiger partial charge in [-0.1, -0.05) is 30.3 Å². The minimum atomic E-state index is 0.892. The van der Waals surface area contributed by atoms with Crippen LogP contribution in [-0.2, 0) is 0 Å². The number of pyridine rings is 2. The molecule has 0 atom stereocenters. The minimum absolute atomic E-state index is 0.892. The predicted octanol–water partition coefficient (Wildman–Crippen LogP) is 4.76. The first kappa shape index (κ1) is 13.9. The van der Waals surface area contributed by atoms with Crippen molar-refractivity contribution in [1.29, 1.82) is 0 Å². The van der Waals surface area contributed by atoms with Crippen LogP contribution < -0.4 is 0 Å². The fourth-order valence-corrected chi connectivity index (χ4v) is 3.24. The van der Waals surface area contributed by atoms with Gasteiger partial charge in [-0.15, -0.1) is 0 Å². The van der Waals surface area contributed by atoms with Gasteiger partial charge in [0.1, 0.15) is 0 Å². The molecule has 5 rings (SSSR count). The van der Waals surface area contributed by atoms with Crippen LogP contribution in [0, 0.1) is 0 Å². The Morgan fingerprint density at radius 1 is 0.680 bits per heavy atom. The summed E-state index contributed by atoms with van der Waals surface area (Å²) >= 11 is 0. The molecule has 0 aliphatic carbocycles. The maximum Gasteiger partial charge on any atom is 0.1000 e. The second-order valence-corrected chi connectivity index (χ2v) is 5.87. The van der Waals surface area contributed by atoms with Crippen LogP contribution >= 0.6 is 0 Å². The molecule has 0 unspecified atom stereocenters. The number of hydrogen-bond acceptors (Lipinski definition) is 3. The molecule has 2 aromatic carbocycles. The number of rotatable bonds is 2. The Morgan fingerprint density at radius 3 is 2.20 bits per heavy atom. The summed E-state index contributed by atoms with van der Waals surface area (Å²) in [6.07, 6.45) is 9.58. The van der Waals surface area contributed by atoms with Crippen molar-refractivity contribution < 1.29 is 0 Å². The van der Waals surface area contributed by atoms with Crippen LogP contribution in [0.5, 0.6) is 0 Å². The third kappa shape index (κ3) is 2.19. The summed E-state index contributed by atoms with van der Waals surface area (Å²) in [5, 5.41) is 2.08. The summed E-state index contributed by atoms with van der Waals surface area (Å²) in [5.74, 6) is 0. The second-order valence-electron chi connectivity index (χ2n) is 5.87. The zero-order chi connectivity index (χ0) is 16.6. The molecule has 0 N–H and O–H groups in total. The highest BCUT2D eigenvalue weighted by Crippen LogP contribution is 2.32. The van der Waals surface area contributed by atoms with Crippen molar-refractivity contribution in [2.24, 2.45) is 0 Å². The summed E-state index contributed by atoms with van der Waals surface area (Å²) < 4.78 is 2.05. The summed E-state index contributed by atoms with van der Waals surface area (Å²) in [4.78, 5) is 13.8. The largest absolute Gasteiger partial charge is 0.305 e. The summed E-state index contributed by atoms with van der Waals surface area (Å²) in [6, 6.07) is 18.3. The highest BCUT2D eigenvalue weighted by molar-refractivity contribution is 6.21. The zero-order valence-corrected chi connectivity index (χ0v) is 13.4. The van der Waals surface area contributed by atoms with Crippen molar-refractivity contribution in [3.05, 3.63) is 78.9 Å². The van der Waals surface area contributed by atoms with E-state index >= 15 is 0 Å². The first-order chi connectivity index (χ1) is 12.4. The van der Waals surface area contributed by atoms with E-state index in [9.17, 15) is 0 Å². The third-order valence-corrected chi connectivity index (χ3v) is 4.37. The quantitative estimate of drug-likeness (QED) is 0.440. The Bertz CT molecular complexity index is 1240. The van der Waals surface area contributed by atoms with Gasteiger partial charge in [-0.25, -0.2) is 4.98 Å². The molecule has 4 heteroatoms. The molecule has 118 valence electrons. The van der Waals surface area contributed by atoms with E-state index in [4.69, 9.17) is 0 Å². The van der Waals surface area contributed by atoms with Gasteiger partial charge < -0.3 is 4.57 Å². The molecule has 0 amide bonds. The van der Waals surface area contributed by atoms with Gasteiger partial charge in [0.25, 0.3) is 0 Å². The van der Waals surface area contributed by atoms with E-state index in [0.717, 1.165) is 38.4 Å². The first-order valence-electron chi connectivity index (χ1n) is 8.13. The van der Waals surface area contributed by atoms with Crippen LogP contribution in [-0.4, -0.2) is 19.5 Å². The van der Waals surface area contributed by atoms with Crippen molar-refractivity contribution in [2.75, 3.05) is 0 Å². The summed E-state index contributed by atoms with van der Waals surface area (Å²) in [6.45, 7) is 0. The van der Waals surface area contributed by atoms with E-state index in [-0.39, 0.29) is 0 Å². The smallest absolute Gasteiger partial charge is 0.1000 e. The Morgan fingerprint density at radius 2 is 1.40 bits per heavy atom. The number of aromatic nitrogens is 4. The average molecular weight is 322 g/mol. The van der Waals surface area contributed by atoms with Crippen LogP contribution in [0.3, 0.4) is 0 Å². The highest BCUT2D eigenvalue weighted by Gasteiger charge is 2.13. The lowest BCUT2D eigenvalue weighted by atomic mass is 10.1. The molecule has 0 aliphatic rings. The number of imidazole rings is 1. The van der Waals surface area contributed by atoms with Crippen LogP contribution in [0.2, 0.25) is 0 Å². The van der Waals surface area contributed by atoms with Gasteiger partial charge in [-0.05, 0) is 35.9 Å². The summed E-state index contributed by atoms with van der Waals surface area (Å²) in [7, 11) is 0. The van der Waals surface area contributed by atoms with Crippen LogP contribution in [0.15, 0.2) is 73.3 Å². The maximum atomic E-state index is 4.65. The lowest BCUT2D eigenvalue weighted by Crippen LogP contribution is -1.90. The number of hydrogen-bond donors (Lipinski definition) is 0. The lowest BCUT2D eigenvalue weighted by molar-refractivity contribution is 1.18. The van der Waals surface area contributed by atoms with Crippen molar-refractivity contribution >= 4 is 45.1 Å². The predicted molar refractivity (Wildman–Crippen MR) is 102 cm³/mol. The number of benzene rings is 2. The monoisotopic (exact) mass is 322 g/mol. The Kier molecular flexibility index (Phi) is 3.07. The average Bonchev–Trinajstić information content (AvgIpc) is 3.12. The molecule has 0 spiro atoms. The molecule has 5 aromatic rings. The van der Waals surface area contributed by atoms with Crippen molar-refractivity contribution in [2.45, 2.75) is 0 Å². The van der Waals surface area contributed by atoms with E-state index < -0.39 is 0 Å². The van der Waals surface area contributed by atoms with Crippen LogP contribution in [0.4, 0.5) is 0 Å². The molecule has 3 heterocycles. The topological polar surface area (TPSA) is 43.6 Å². The molecule has 0 aliphatic heterocycles. The van der Waals surface area contributed by atoms with E-state index in [2.05, 4.69) is 49.9 Å². The third-order valence-electron chi connectivity index (χ3n) is 4.37. The van der Waals surface area contributed by atoms with Gasteiger partial charge in [0.05, 0.1) is 28.4 Å². The molecular formula is C21H14N4. The van der Waals surface area contributed by atoms with Gasteiger partial charge in [0.2, 0.25) is 0 Å².